The number of anilines is 1. The molecule has 0 radical (unpaired) electrons. The zero-order chi connectivity index (χ0) is 24.8. The highest BCUT2D eigenvalue weighted by Crippen LogP contribution is 2.31. The second kappa shape index (κ2) is 11.9. The molecule has 0 saturated heterocycles. The Balaban J connectivity index is 1.53. The van der Waals surface area contributed by atoms with Crippen LogP contribution < -0.4 is 10.6 Å². The number of hydrogen-bond donors (Lipinski definition) is 2. The third kappa shape index (κ3) is 6.73. The monoisotopic (exact) mass is 543 g/mol. The normalized spacial score (nSPS) is 10.9. The van der Waals surface area contributed by atoms with Crippen molar-refractivity contribution in [2.45, 2.75) is 29.3 Å². The van der Waals surface area contributed by atoms with Crippen molar-refractivity contribution in [3.63, 3.8) is 0 Å². The van der Waals surface area contributed by atoms with Gasteiger partial charge in [-0.3, -0.25) is 4.57 Å². The Morgan fingerprint density at radius 2 is 1.83 bits per heavy atom. The van der Waals surface area contributed by atoms with Gasteiger partial charge in [0.1, 0.15) is 0 Å². The standard InChI is InChI=1S/C25H23Cl2N5OS2/c1-16-4-3-5-17(12-16)15-35-25-31-30-23(32(25)22-13-18(26)6-11-21(22)27)14-28-24(33)29-19-7-9-20(34-2)10-8-19/h3-13H,14-15H2,1-2H3,(H2,28,29,33). The molecule has 0 aliphatic heterocycles. The number of nitrogens with zero attached hydrogens (tertiary/aromatic N) is 3. The molecule has 35 heavy (non-hydrogen) atoms. The van der Waals surface area contributed by atoms with Crippen molar-refractivity contribution < 1.29 is 4.79 Å². The highest BCUT2D eigenvalue weighted by atomic mass is 35.5. The van der Waals surface area contributed by atoms with Gasteiger partial charge in [-0.05, 0) is 61.2 Å². The van der Waals surface area contributed by atoms with E-state index >= 15 is 0 Å². The minimum Gasteiger partial charge on any atom is -0.331 e. The molecule has 2 N–H and O–H groups in total. The summed E-state index contributed by atoms with van der Waals surface area (Å²) in [5.74, 6) is 1.24. The number of rotatable bonds is 8. The Hall–Kier alpha value is -2.65. The molecule has 0 aliphatic rings. The predicted molar refractivity (Wildman–Crippen MR) is 146 cm³/mol. The Labute approximate surface area is 222 Å². The van der Waals surface area contributed by atoms with Gasteiger partial charge in [-0.15, -0.1) is 22.0 Å². The first-order chi connectivity index (χ1) is 16.9. The summed E-state index contributed by atoms with van der Waals surface area (Å²) in [6, 6.07) is 20.8. The molecule has 0 unspecified atom stereocenters. The van der Waals surface area contributed by atoms with Gasteiger partial charge in [0, 0.05) is 21.4 Å². The summed E-state index contributed by atoms with van der Waals surface area (Å²) >= 11 is 16.0. The van der Waals surface area contributed by atoms with E-state index in [4.69, 9.17) is 23.2 Å². The van der Waals surface area contributed by atoms with Crippen molar-refractivity contribution in [3.05, 3.63) is 93.7 Å². The quantitative estimate of drug-likeness (QED) is 0.229. The fourth-order valence-corrected chi connectivity index (χ4v) is 5.05. The lowest BCUT2D eigenvalue weighted by molar-refractivity contribution is 0.251. The molecule has 0 atom stereocenters. The van der Waals surface area contributed by atoms with E-state index in [0.29, 0.717) is 38.2 Å². The summed E-state index contributed by atoms with van der Waals surface area (Å²) in [7, 11) is 0. The van der Waals surface area contributed by atoms with E-state index in [9.17, 15) is 4.79 Å². The van der Waals surface area contributed by atoms with Crippen LogP contribution in [-0.2, 0) is 12.3 Å². The van der Waals surface area contributed by atoms with Crippen molar-refractivity contribution in [3.8, 4) is 5.69 Å². The molecule has 10 heteroatoms. The Bertz CT molecular complexity index is 1330. The number of amides is 2. The number of hydrogen-bond acceptors (Lipinski definition) is 5. The van der Waals surface area contributed by atoms with Crippen LogP contribution in [0, 0.1) is 6.92 Å². The second-order valence-corrected chi connectivity index (χ2v) is 10.3. The number of aryl methyl sites for hydroxylation is 1. The Morgan fingerprint density at radius 1 is 1.03 bits per heavy atom. The lowest BCUT2D eigenvalue weighted by atomic mass is 10.2. The largest absolute Gasteiger partial charge is 0.331 e. The fourth-order valence-electron chi connectivity index (χ4n) is 3.37. The molecular formula is C25H23Cl2N5OS2. The van der Waals surface area contributed by atoms with Gasteiger partial charge in [0.2, 0.25) is 0 Å². The van der Waals surface area contributed by atoms with Crippen molar-refractivity contribution in [1.29, 1.82) is 0 Å². The van der Waals surface area contributed by atoms with Crippen molar-refractivity contribution in [1.82, 2.24) is 20.1 Å². The molecule has 0 saturated carbocycles. The smallest absolute Gasteiger partial charge is 0.319 e. The highest BCUT2D eigenvalue weighted by Gasteiger charge is 2.18. The number of urea groups is 1. The van der Waals surface area contributed by atoms with E-state index in [1.807, 2.05) is 41.2 Å². The van der Waals surface area contributed by atoms with Gasteiger partial charge in [-0.1, -0.05) is 64.8 Å². The van der Waals surface area contributed by atoms with Crippen LogP contribution in [0.2, 0.25) is 10.0 Å². The van der Waals surface area contributed by atoms with Crippen LogP contribution in [0.4, 0.5) is 10.5 Å². The number of halogens is 2. The topological polar surface area (TPSA) is 71.8 Å². The number of benzene rings is 3. The number of carbonyl (C=O) groups excluding carboxylic acids is 1. The molecule has 0 spiro atoms. The van der Waals surface area contributed by atoms with E-state index in [1.54, 1.807) is 30.0 Å². The van der Waals surface area contributed by atoms with Crippen LogP contribution in [0.3, 0.4) is 0 Å². The zero-order valence-electron chi connectivity index (χ0n) is 19.1. The van der Waals surface area contributed by atoms with Gasteiger partial charge < -0.3 is 10.6 Å². The molecular weight excluding hydrogens is 521 g/mol. The molecule has 2 amide bonds. The maximum Gasteiger partial charge on any atom is 0.319 e. The van der Waals surface area contributed by atoms with E-state index in [1.165, 1.54) is 22.9 Å². The molecule has 4 rings (SSSR count). The summed E-state index contributed by atoms with van der Waals surface area (Å²) in [6.45, 7) is 2.21. The maximum absolute atomic E-state index is 12.5. The molecule has 3 aromatic carbocycles. The highest BCUT2D eigenvalue weighted by molar-refractivity contribution is 7.98. The van der Waals surface area contributed by atoms with Crippen LogP contribution in [-0.4, -0.2) is 27.1 Å². The maximum atomic E-state index is 12.5. The number of thioether (sulfide) groups is 2. The van der Waals surface area contributed by atoms with Gasteiger partial charge in [-0.25, -0.2) is 4.79 Å². The van der Waals surface area contributed by atoms with Crippen LogP contribution in [0.5, 0.6) is 0 Å². The first-order valence-electron chi connectivity index (χ1n) is 10.7. The molecule has 0 aliphatic carbocycles. The van der Waals surface area contributed by atoms with Gasteiger partial charge in [0.15, 0.2) is 11.0 Å². The number of nitrogens with one attached hydrogen (secondary N) is 2. The lowest BCUT2D eigenvalue weighted by Gasteiger charge is -2.13. The zero-order valence-corrected chi connectivity index (χ0v) is 22.2. The van der Waals surface area contributed by atoms with E-state index in [2.05, 4.69) is 46.0 Å². The third-order valence-electron chi connectivity index (χ3n) is 5.05. The van der Waals surface area contributed by atoms with E-state index in [-0.39, 0.29) is 12.6 Å². The van der Waals surface area contributed by atoms with Crippen LogP contribution in [0.15, 0.2) is 76.8 Å². The van der Waals surface area contributed by atoms with E-state index < -0.39 is 0 Å². The molecule has 1 aromatic heterocycles. The van der Waals surface area contributed by atoms with Gasteiger partial charge >= 0.3 is 6.03 Å². The lowest BCUT2D eigenvalue weighted by Crippen LogP contribution is -2.29. The molecule has 0 fully saturated rings. The van der Waals surface area contributed by atoms with Crippen molar-refractivity contribution in [2.24, 2.45) is 0 Å². The fraction of sp³-hybridized carbons (Fsp3) is 0.160. The summed E-state index contributed by atoms with van der Waals surface area (Å²) in [4.78, 5) is 13.6. The first kappa shape index (κ1) is 25.4. The summed E-state index contributed by atoms with van der Waals surface area (Å²) < 4.78 is 1.84. The average Bonchev–Trinajstić information content (AvgIpc) is 3.26. The second-order valence-electron chi connectivity index (χ2n) is 7.64. The Morgan fingerprint density at radius 3 is 2.57 bits per heavy atom. The van der Waals surface area contributed by atoms with Crippen LogP contribution >= 0.6 is 46.7 Å². The number of aromatic nitrogens is 3. The Kier molecular flexibility index (Phi) is 8.62. The molecule has 180 valence electrons. The van der Waals surface area contributed by atoms with Crippen molar-refractivity contribution >= 4 is 58.4 Å². The average molecular weight is 545 g/mol. The molecule has 1 heterocycles. The summed E-state index contributed by atoms with van der Waals surface area (Å²) in [6.07, 6.45) is 2.00. The van der Waals surface area contributed by atoms with Gasteiger partial charge in [-0.2, -0.15) is 0 Å². The van der Waals surface area contributed by atoms with Crippen LogP contribution in [0.1, 0.15) is 17.0 Å². The van der Waals surface area contributed by atoms with Crippen molar-refractivity contribution in [2.75, 3.05) is 11.6 Å². The summed E-state index contributed by atoms with van der Waals surface area (Å²) in [5.41, 5.74) is 3.73. The third-order valence-corrected chi connectivity index (χ3v) is 7.35. The SMILES string of the molecule is CSc1ccc(NC(=O)NCc2nnc(SCc3cccc(C)c3)n2-c2cc(Cl)ccc2Cl)cc1. The van der Waals surface area contributed by atoms with Crippen LogP contribution in [0.25, 0.3) is 5.69 Å². The number of carbonyl (C=O) groups is 1. The molecule has 6 nitrogen and oxygen atoms in total. The molecule has 4 aromatic rings. The first-order valence-corrected chi connectivity index (χ1v) is 13.7. The summed E-state index contributed by atoms with van der Waals surface area (Å²) in [5, 5.41) is 16.1. The van der Waals surface area contributed by atoms with E-state index in [0.717, 1.165) is 4.90 Å². The molecule has 0 bridgehead atoms. The van der Waals surface area contributed by atoms with Gasteiger partial charge in [0.25, 0.3) is 0 Å². The minimum absolute atomic E-state index is 0.148. The van der Waals surface area contributed by atoms with Gasteiger partial charge in [0.05, 0.1) is 17.3 Å². The minimum atomic E-state index is -0.345. The predicted octanol–water partition coefficient (Wildman–Crippen LogP) is 7.22.